The van der Waals surface area contributed by atoms with Crippen molar-refractivity contribution in [2.24, 2.45) is 0 Å². The fourth-order valence-electron chi connectivity index (χ4n) is 1.74. The van der Waals surface area contributed by atoms with Crippen LogP contribution < -0.4 is 16.6 Å². The van der Waals surface area contributed by atoms with Crippen molar-refractivity contribution in [3.8, 4) is 0 Å². The molecule has 3 aromatic rings. The maximum absolute atomic E-state index is 11.9. The summed E-state index contributed by atoms with van der Waals surface area (Å²) in [6, 6.07) is 5.07. The number of H-pyrrole nitrogens is 1. The van der Waals surface area contributed by atoms with E-state index in [2.05, 4.69) is 20.3 Å². The molecular formula is C12H11N5OS. The minimum absolute atomic E-state index is 0.210. The number of benzene rings is 1. The first-order valence-electron chi connectivity index (χ1n) is 5.63. The molecule has 96 valence electrons. The van der Waals surface area contributed by atoms with Crippen molar-refractivity contribution in [1.29, 1.82) is 0 Å². The Morgan fingerprint density at radius 3 is 3.11 bits per heavy atom. The smallest absolute Gasteiger partial charge is 0.260 e. The summed E-state index contributed by atoms with van der Waals surface area (Å²) in [4.78, 5) is 23.1. The first-order valence-corrected chi connectivity index (χ1v) is 6.57. The number of aromatic nitrogens is 3. The average Bonchev–Trinajstić information content (AvgIpc) is 2.90. The summed E-state index contributed by atoms with van der Waals surface area (Å²) in [5.74, 6) is 0.426. The number of fused-ring (bicyclic) bond motifs is 1. The van der Waals surface area contributed by atoms with Crippen molar-refractivity contribution in [1.82, 2.24) is 15.0 Å². The lowest BCUT2D eigenvalue weighted by Crippen LogP contribution is -2.13. The zero-order valence-electron chi connectivity index (χ0n) is 9.88. The maximum atomic E-state index is 11.9. The fourth-order valence-corrected chi connectivity index (χ4v) is 2.30. The molecule has 7 heteroatoms. The molecule has 0 saturated heterocycles. The fraction of sp³-hybridized carbons (Fsp3) is 0.0833. The molecule has 2 aromatic heterocycles. The SMILES string of the molecule is Nc1ccc2nc(NCc3cscn3)[nH]c(=O)c2c1. The lowest BCUT2D eigenvalue weighted by Gasteiger charge is -2.05. The third kappa shape index (κ3) is 2.41. The Balaban J connectivity index is 1.93. The molecule has 2 heterocycles. The summed E-state index contributed by atoms with van der Waals surface area (Å²) in [7, 11) is 0. The van der Waals surface area contributed by atoms with Crippen LogP contribution in [0.1, 0.15) is 5.69 Å². The van der Waals surface area contributed by atoms with Gasteiger partial charge < -0.3 is 11.1 Å². The molecule has 0 saturated carbocycles. The molecule has 0 aliphatic carbocycles. The van der Waals surface area contributed by atoms with Crippen LogP contribution in [0.2, 0.25) is 0 Å². The first-order chi connectivity index (χ1) is 9.22. The molecule has 1 aromatic carbocycles. The summed E-state index contributed by atoms with van der Waals surface area (Å²) in [6.07, 6.45) is 0. The second-order valence-electron chi connectivity index (χ2n) is 4.02. The van der Waals surface area contributed by atoms with Gasteiger partial charge in [-0.1, -0.05) is 0 Å². The van der Waals surface area contributed by atoms with E-state index in [9.17, 15) is 4.79 Å². The highest BCUT2D eigenvalue weighted by molar-refractivity contribution is 7.07. The van der Waals surface area contributed by atoms with E-state index in [4.69, 9.17) is 5.73 Å². The highest BCUT2D eigenvalue weighted by Crippen LogP contribution is 2.13. The molecule has 0 spiro atoms. The van der Waals surface area contributed by atoms with Gasteiger partial charge in [-0.05, 0) is 18.2 Å². The van der Waals surface area contributed by atoms with E-state index in [0.29, 0.717) is 29.1 Å². The van der Waals surface area contributed by atoms with Gasteiger partial charge in [-0.2, -0.15) is 0 Å². The van der Waals surface area contributed by atoms with E-state index in [1.807, 2.05) is 5.38 Å². The Hall–Kier alpha value is -2.41. The Morgan fingerprint density at radius 1 is 1.42 bits per heavy atom. The van der Waals surface area contributed by atoms with E-state index in [1.54, 1.807) is 23.7 Å². The number of anilines is 2. The van der Waals surface area contributed by atoms with Gasteiger partial charge in [0, 0.05) is 11.1 Å². The summed E-state index contributed by atoms with van der Waals surface area (Å²) >= 11 is 1.52. The summed E-state index contributed by atoms with van der Waals surface area (Å²) in [5, 5.41) is 5.46. The second-order valence-corrected chi connectivity index (χ2v) is 4.74. The summed E-state index contributed by atoms with van der Waals surface area (Å²) < 4.78 is 0. The second kappa shape index (κ2) is 4.69. The highest BCUT2D eigenvalue weighted by Gasteiger charge is 2.04. The lowest BCUT2D eigenvalue weighted by atomic mass is 10.2. The lowest BCUT2D eigenvalue weighted by molar-refractivity contribution is 1.02. The minimum atomic E-state index is -0.210. The van der Waals surface area contributed by atoms with Crippen molar-refractivity contribution >= 4 is 33.9 Å². The van der Waals surface area contributed by atoms with Crippen LogP contribution >= 0.6 is 11.3 Å². The summed E-state index contributed by atoms with van der Waals surface area (Å²) in [5.41, 5.74) is 9.26. The zero-order valence-corrected chi connectivity index (χ0v) is 10.7. The van der Waals surface area contributed by atoms with Crippen LogP contribution in [0.5, 0.6) is 0 Å². The van der Waals surface area contributed by atoms with Gasteiger partial charge in [-0.25, -0.2) is 9.97 Å². The van der Waals surface area contributed by atoms with E-state index in [0.717, 1.165) is 5.69 Å². The monoisotopic (exact) mass is 273 g/mol. The standard InChI is InChI=1S/C12H11N5OS/c13-7-1-2-10-9(3-7)11(18)17-12(16-10)14-4-8-5-19-6-15-8/h1-3,5-6H,4,13H2,(H2,14,16,17,18). The van der Waals surface area contributed by atoms with E-state index < -0.39 is 0 Å². The molecule has 6 nitrogen and oxygen atoms in total. The van der Waals surface area contributed by atoms with Gasteiger partial charge in [0.1, 0.15) is 0 Å². The van der Waals surface area contributed by atoms with Gasteiger partial charge in [0.2, 0.25) is 5.95 Å². The van der Waals surface area contributed by atoms with Crippen molar-refractivity contribution in [3.05, 3.63) is 45.1 Å². The number of hydrogen-bond donors (Lipinski definition) is 3. The molecule has 0 unspecified atom stereocenters. The normalized spacial score (nSPS) is 10.7. The van der Waals surface area contributed by atoms with Crippen LogP contribution in [0.25, 0.3) is 10.9 Å². The molecule has 4 N–H and O–H groups in total. The average molecular weight is 273 g/mol. The van der Waals surface area contributed by atoms with Crippen molar-refractivity contribution in [3.63, 3.8) is 0 Å². The number of nitrogens with zero attached hydrogens (tertiary/aromatic N) is 2. The summed E-state index contributed by atoms with van der Waals surface area (Å²) in [6.45, 7) is 0.521. The largest absolute Gasteiger partial charge is 0.399 e. The van der Waals surface area contributed by atoms with Gasteiger partial charge in [0.25, 0.3) is 5.56 Å². The van der Waals surface area contributed by atoms with E-state index >= 15 is 0 Å². The Kier molecular flexibility index (Phi) is 2.88. The van der Waals surface area contributed by atoms with Crippen molar-refractivity contribution < 1.29 is 0 Å². The van der Waals surface area contributed by atoms with Gasteiger partial charge in [-0.3, -0.25) is 9.78 Å². The van der Waals surface area contributed by atoms with Gasteiger partial charge >= 0.3 is 0 Å². The van der Waals surface area contributed by atoms with Gasteiger partial charge in [0.15, 0.2) is 0 Å². The van der Waals surface area contributed by atoms with Gasteiger partial charge in [-0.15, -0.1) is 11.3 Å². The van der Waals surface area contributed by atoms with Crippen molar-refractivity contribution in [2.45, 2.75) is 6.54 Å². The molecule has 3 rings (SSSR count). The van der Waals surface area contributed by atoms with Crippen LogP contribution in [0, 0.1) is 0 Å². The minimum Gasteiger partial charge on any atom is -0.399 e. The van der Waals surface area contributed by atoms with E-state index in [1.165, 1.54) is 11.3 Å². The molecule has 0 radical (unpaired) electrons. The molecule has 0 bridgehead atoms. The van der Waals surface area contributed by atoms with Crippen LogP contribution in [0.3, 0.4) is 0 Å². The number of rotatable bonds is 3. The molecule has 0 aliphatic heterocycles. The number of aromatic amines is 1. The van der Waals surface area contributed by atoms with Crippen LogP contribution in [-0.2, 0) is 6.54 Å². The third-order valence-corrected chi connectivity index (χ3v) is 3.29. The number of hydrogen-bond acceptors (Lipinski definition) is 6. The predicted molar refractivity (Wildman–Crippen MR) is 76.2 cm³/mol. The number of thiazole rings is 1. The Labute approximate surface area is 112 Å². The maximum Gasteiger partial charge on any atom is 0.260 e. The first kappa shape index (κ1) is 11.7. The van der Waals surface area contributed by atoms with Crippen LogP contribution in [-0.4, -0.2) is 15.0 Å². The number of nitrogens with one attached hydrogen (secondary N) is 2. The molecule has 19 heavy (non-hydrogen) atoms. The topological polar surface area (TPSA) is 96.7 Å². The Bertz CT molecular complexity index is 765. The molecule has 0 fully saturated rings. The molecule has 0 amide bonds. The number of nitrogens with two attached hydrogens (primary N) is 1. The quantitative estimate of drug-likeness (QED) is 0.629. The van der Waals surface area contributed by atoms with Crippen LogP contribution in [0.15, 0.2) is 33.9 Å². The molecule has 0 aliphatic rings. The number of nitrogen functional groups attached to an aromatic ring is 1. The third-order valence-electron chi connectivity index (χ3n) is 2.65. The molecular weight excluding hydrogens is 262 g/mol. The molecule has 0 atom stereocenters. The highest BCUT2D eigenvalue weighted by atomic mass is 32.1. The predicted octanol–water partition coefficient (Wildman–Crippen LogP) is 1.57. The van der Waals surface area contributed by atoms with Crippen LogP contribution in [0.4, 0.5) is 11.6 Å². The Morgan fingerprint density at radius 2 is 2.32 bits per heavy atom. The van der Waals surface area contributed by atoms with Gasteiger partial charge in [0.05, 0.1) is 28.7 Å². The van der Waals surface area contributed by atoms with E-state index in [-0.39, 0.29) is 5.56 Å². The zero-order chi connectivity index (χ0) is 13.2. The van der Waals surface area contributed by atoms with Crippen molar-refractivity contribution in [2.75, 3.05) is 11.1 Å².